The Morgan fingerprint density at radius 1 is 1.29 bits per heavy atom. The Balaban J connectivity index is 2.72. The lowest BCUT2D eigenvalue weighted by Crippen LogP contribution is -2.50. The van der Waals surface area contributed by atoms with Gasteiger partial charge in [0.05, 0.1) is 0 Å². The molecule has 1 unspecified atom stereocenters. The lowest BCUT2D eigenvalue weighted by Gasteiger charge is -2.35. The number of rotatable bonds is 1. The number of carbonyl (C=O) groups excluding carboxylic acids is 2. The summed E-state index contributed by atoms with van der Waals surface area (Å²) in [6.07, 6.45) is 2.85. The molecule has 0 N–H and O–H groups in total. The van der Waals surface area contributed by atoms with Crippen molar-refractivity contribution >= 4 is 11.8 Å². The summed E-state index contributed by atoms with van der Waals surface area (Å²) in [7, 11) is 3.46. The van der Waals surface area contributed by atoms with Gasteiger partial charge in [0.25, 0.3) is 0 Å². The van der Waals surface area contributed by atoms with E-state index in [9.17, 15) is 9.59 Å². The van der Waals surface area contributed by atoms with Gasteiger partial charge in [0.1, 0.15) is 6.04 Å². The number of carbonyl (C=O) groups is 2. The molecule has 1 saturated heterocycles. The van der Waals surface area contributed by atoms with Crippen molar-refractivity contribution in [3.63, 3.8) is 0 Å². The second-order valence-electron chi connectivity index (χ2n) is 3.96. The van der Waals surface area contributed by atoms with Crippen molar-refractivity contribution in [1.29, 1.82) is 0 Å². The molecular formula is C10H18N2O2. The van der Waals surface area contributed by atoms with Crippen LogP contribution >= 0.6 is 0 Å². The Hall–Kier alpha value is -1.06. The van der Waals surface area contributed by atoms with Gasteiger partial charge in [-0.15, -0.1) is 0 Å². The van der Waals surface area contributed by atoms with Crippen LogP contribution in [-0.4, -0.2) is 48.3 Å². The molecule has 1 atom stereocenters. The highest BCUT2D eigenvalue weighted by Crippen LogP contribution is 2.18. The highest BCUT2D eigenvalue weighted by atomic mass is 16.2. The molecule has 2 amide bonds. The molecule has 0 aliphatic carbocycles. The molecule has 80 valence electrons. The van der Waals surface area contributed by atoms with E-state index in [2.05, 4.69) is 0 Å². The van der Waals surface area contributed by atoms with Crippen molar-refractivity contribution in [2.75, 3.05) is 20.6 Å². The van der Waals surface area contributed by atoms with Gasteiger partial charge in [-0.25, -0.2) is 0 Å². The average molecular weight is 198 g/mol. The minimum atomic E-state index is -0.226. The molecule has 1 aliphatic heterocycles. The van der Waals surface area contributed by atoms with Crippen LogP contribution in [0.3, 0.4) is 0 Å². The van der Waals surface area contributed by atoms with Crippen LogP contribution in [0.2, 0.25) is 0 Å². The maximum Gasteiger partial charge on any atom is 0.244 e. The van der Waals surface area contributed by atoms with Gasteiger partial charge in [-0.3, -0.25) is 9.59 Å². The summed E-state index contributed by atoms with van der Waals surface area (Å²) >= 11 is 0. The molecule has 0 saturated carbocycles. The fourth-order valence-corrected chi connectivity index (χ4v) is 1.86. The summed E-state index contributed by atoms with van der Waals surface area (Å²) in [6, 6.07) is -0.226. The smallest absolute Gasteiger partial charge is 0.244 e. The molecular weight excluding hydrogens is 180 g/mol. The van der Waals surface area contributed by atoms with Crippen LogP contribution in [0.25, 0.3) is 0 Å². The third kappa shape index (κ3) is 2.25. The topological polar surface area (TPSA) is 40.6 Å². The van der Waals surface area contributed by atoms with Crippen LogP contribution in [0.15, 0.2) is 0 Å². The molecule has 0 bridgehead atoms. The van der Waals surface area contributed by atoms with Crippen LogP contribution in [0.5, 0.6) is 0 Å². The fourth-order valence-electron chi connectivity index (χ4n) is 1.86. The number of likely N-dealkylation sites (N-methyl/N-ethyl adjacent to an activating group) is 1. The largest absolute Gasteiger partial charge is 0.347 e. The highest BCUT2D eigenvalue weighted by molar-refractivity contribution is 5.86. The lowest BCUT2D eigenvalue weighted by atomic mass is 10.0. The Morgan fingerprint density at radius 2 is 1.93 bits per heavy atom. The molecule has 1 aliphatic rings. The summed E-state index contributed by atoms with van der Waals surface area (Å²) in [4.78, 5) is 26.3. The van der Waals surface area contributed by atoms with E-state index in [-0.39, 0.29) is 17.9 Å². The fraction of sp³-hybridized carbons (Fsp3) is 0.800. The first-order valence-corrected chi connectivity index (χ1v) is 5.02. The first kappa shape index (κ1) is 11.0. The molecule has 0 aromatic heterocycles. The van der Waals surface area contributed by atoms with Crippen molar-refractivity contribution < 1.29 is 9.59 Å². The SMILES string of the molecule is CC(=O)N1CCCCC1C(=O)N(C)C. The first-order valence-electron chi connectivity index (χ1n) is 5.02. The number of amides is 2. The van der Waals surface area contributed by atoms with Crippen LogP contribution in [0, 0.1) is 0 Å². The Kier molecular flexibility index (Phi) is 3.49. The van der Waals surface area contributed by atoms with E-state index < -0.39 is 0 Å². The predicted molar refractivity (Wildman–Crippen MR) is 53.7 cm³/mol. The molecule has 0 spiro atoms. The molecule has 4 nitrogen and oxygen atoms in total. The molecule has 0 aromatic rings. The monoisotopic (exact) mass is 198 g/mol. The Morgan fingerprint density at radius 3 is 2.43 bits per heavy atom. The highest BCUT2D eigenvalue weighted by Gasteiger charge is 2.30. The number of hydrogen-bond donors (Lipinski definition) is 0. The summed E-state index contributed by atoms with van der Waals surface area (Å²) in [5.41, 5.74) is 0. The van der Waals surface area contributed by atoms with E-state index in [0.29, 0.717) is 0 Å². The normalized spacial score (nSPS) is 21.9. The predicted octanol–water partition coefficient (Wildman–Crippen LogP) is 0.476. The van der Waals surface area contributed by atoms with Gasteiger partial charge in [-0.1, -0.05) is 0 Å². The van der Waals surface area contributed by atoms with Crippen molar-refractivity contribution in [2.24, 2.45) is 0 Å². The van der Waals surface area contributed by atoms with Crippen molar-refractivity contribution in [3.8, 4) is 0 Å². The Bertz CT molecular complexity index is 238. The molecule has 1 rings (SSSR count). The van der Waals surface area contributed by atoms with Gasteiger partial charge in [0, 0.05) is 27.6 Å². The minimum Gasteiger partial charge on any atom is -0.347 e. The number of nitrogens with zero attached hydrogens (tertiary/aromatic N) is 2. The van der Waals surface area contributed by atoms with E-state index in [1.165, 1.54) is 6.92 Å². The van der Waals surface area contributed by atoms with Crippen LogP contribution < -0.4 is 0 Å². The average Bonchev–Trinajstić information content (AvgIpc) is 2.16. The Labute approximate surface area is 84.9 Å². The third-order valence-corrected chi connectivity index (χ3v) is 2.63. The van der Waals surface area contributed by atoms with Gasteiger partial charge in [-0.2, -0.15) is 0 Å². The van der Waals surface area contributed by atoms with E-state index in [1.807, 2.05) is 0 Å². The lowest BCUT2D eigenvalue weighted by molar-refractivity contribution is -0.144. The van der Waals surface area contributed by atoms with E-state index in [1.54, 1.807) is 23.9 Å². The summed E-state index contributed by atoms with van der Waals surface area (Å²) in [5.74, 6) is 0.0461. The molecule has 0 aromatic carbocycles. The summed E-state index contributed by atoms with van der Waals surface area (Å²) in [6.45, 7) is 2.25. The molecule has 1 heterocycles. The second-order valence-corrected chi connectivity index (χ2v) is 3.96. The summed E-state index contributed by atoms with van der Waals surface area (Å²) in [5, 5.41) is 0. The van der Waals surface area contributed by atoms with Crippen molar-refractivity contribution in [2.45, 2.75) is 32.2 Å². The number of likely N-dealkylation sites (tertiary alicyclic amines) is 1. The molecule has 1 fully saturated rings. The second kappa shape index (κ2) is 4.44. The number of hydrogen-bond acceptors (Lipinski definition) is 2. The molecule has 4 heteroatoms. The van der Waals surface area contributed by atoms with E-state index in [4.69, 9.17) is 0 Å². The van der Waals surface area contributed by atoms with Crippen molar-refractivity contribution in [1.82, 2.24) is 9.80 Å². The van der Waals surface area contributed by atoms with Gasteiger partial charge in [0.2, 0.25) is 11.8 Å². The first-order chi connectivity index (χ1) is 6.54. The standard InChI is InChI=1S/C10H18N2O2/c1-8(13)12-7-5-4-6-9(12)10(14)11(2)3/h9H,4-7H2,1-3H3. The van der Waals surface area contributed by atoms with Crippen LogP contribution in [0.4, 0.5) is 0 Å². The van der Waals surface area contributed by atoms with Gasteiger partial charge in [0.15, 0.2) is 0 Å². The molecule has 0 radical (unpaired) electrons. The van der Waals surface area contributed by atoms with Crippen molar-refractivity contribution in [3.05, 3.63) is 0 Å². The van der Waals surface area contributed by atoms with E-state index >= 15 is 0 Å². The molecule has 14 heavy (non-hydrogen) atoms. The maximum absolute atomic E-state index is 11.7. The summed E-state index contributed by atoms with van der Waals surface area (Å²) < 4.78 is 0. The third-order valence-electron chi connectivity index (χ3n) is 2.63. The zero-order valence-electron chi connectivity index (χ0n) is 9.12. The zero-order valence-corrected chi connectivity index (χ0v) is 9.12. The quantitative estimate of drug-likeness (QED) is 0.614. The van der Waals surface area contributed by atoms with Gasteiger partial charge >= 0.3 is 0 Å². The van der Waals surface area contributed by atoms with Crippen LogP contribution in [-0.2, 0) is 9.59 Å². The van der Waals surface area contributed by atoms with Gasteiger partial charge in [-0.05, 0) is 19.3 Å². The minimum absolute atomic E-state index is 0.00454. The van der Waals surface area contributed by atoms with E-state index in [0.717, 1.165) is 25.8 Å². The van der Waals surface area contributed by atoms with Crippen LogP contribution in [0.1, 0.15) is 26.2 Å². The van der Waals surface area contributed by atoms with Gasteiger partial charge < -0.3 is 9.80 Å². The number of piperidine rings is 1. The zero-order chi connectivity index (χ0) is 10.7. The maximum atomic E-state index is 11.7.